The van der Waals surface area contributed by atoms with Crippen molar-refractivity contribution in [2.45, 2.75) is 31.2 Å². The molecular formula is C20H21ClN4OS. The van der Waals surface area contributed by atoms with Gasteiger partial charge in [-0.25, -0.2) is 4.98 Å². The Labute approximate surface area is 167 Å². The molecular weight excluding hydrogens is 380 g/mol. The number of amidine groups is 1. The fourth-order valence-electron chi connectivity index (χ4n) is 4.03. The molecule has 3 N–H and O–H groups in total. The summed E-state index contributed by atoms with van der Waals surface area (Å²) in [6.45, 7) is 0. The number of nitrogens with one attached hydrogen (secondary N) is 1. The third-order valence-corrected chi connectivity index (χ3v) is 6.54. The number of carbonyl (C=O) groups excluding carboxylic acids is 1. The fourth-order valence-corrected chi connectivity index (χ4v) is 5.18. The predicted molar refractivity (Wildman–Crippen MR) is 111 cm³/mol. The van der Waals surface area contributed by atoms with Gasteiger partial charge in [-0.2, -0.15) is 0 Å². The Hall–Kier alpha value is -2.05. The molecule has 0 bridgehead atoms. The van der Waals surface area contributed by atoms with E-state index in [9.17, 15) is 4.79 Å². The fraction of sp³-hybridized carbons (Fsp3) is 0.350. The van der Waals surface area contributed by atoms with Gasteiger partial charge >= 0.3 is 0 Å². The summed E-state index contributed by atoms with van der Waals surface area (Å²) in [5.74, 6) is 1.22. The summed E-state index contributed by atoms with van der Waals surface area (Å²) in [5.41, 5.74) is 8.01. The summed E-state index contributed by atoms with van der Waals surface area (Å²) in [4.78, 5) is 21.5. The maximum absolute atomic E-state index is 12.5. The number of nitrogens with zero attached hydrogens (tertiary/aromatic N) is 2. The first-order chi connectivity index (χ1) is 13.1. The first-order valence-corrected chi connectivity index (χ1v) is 10.4. The summed E-state index contributed by atoms with van der Waals surface area (Å²) >= 11 is 7.49. The van der Waals surface area contributed by atoms with Crippen molar-refractivity contribution < 1.29 is 4.79 Å². The van der Waals surface area contributed by atoms with E-state index in [1.165, 1.54) is 12.6 Å². The Morgan fingerprint density at radius 2 is 2.19 bits per heavy atom. The summed E-state index contributed by atoms with van der Waals surface area (Å²) in [7, 11) is 0. The van der Waals surface area contributed by atoms with Gasteiger partial charge in [0.1, 0.15) is 5.69 Å². The topological polar surface area (TPSA) is 80.4 Å². The second-order valence-electron chi connectivity index (χ2n) is 7.02. The van der Waals surface area contributed by atoms with E-state index in [1.54, 1.807) is 23.9 Å². The van der Waals surface area contributed by atoms with Gasteiger partial charge in [-0.1, -0.05) is 48.3 Å². The highest BCUT2D eigenvalue weighted by Gasteiger charge is 2.44. The molecule has 140 valence electrons. The van der Waals surface area contributed by atoms with Crippen LogP contribution in [0.5, 0.6) is 0 Å². The molecule has 2 heterocycles. The van der Waals surface area contributed by atoms with Crippen molar-refractivity contribution in [1.29, 1.82) is 0 Å². The quantitative estimate of drug-likeness (QED) is 0.798. The van der Waals surface area contributed by atoms with Crippen molar-refractivity contribution in [1.82, 2.24) is 4.98 Å². The molecule has 2 atom stereocenters. The van der Waals surface area contributed by atoms with E-state index in [0.29, 0.717) is 21.8 Å². The van der Waals surface area contributed by atoms with E-state index >= 15 is 0 Å². The van der Waals surface area contributed by atoms with Crippen molar-refractivity contribution in [3.63, 3.8) is 0 Å². The lowest BCUT2D eigenvalue weighted by atomic mass is 9.70. The molecule has 1 aromatic heterocycles. The van der Waals surface area contributed by atoms with Crippen LogP contribution < -0.4 is 11.1 Å². The molecule has 5 nitrogen and oxygen atoms in total. The second-order valence-corrected chi connectivity index (χ2v) is 8.50. The van der Waals surface area contributed by atoms with E-state index in [2.05, 4.69) is 16.4 Å². The van der Waals surface area contributed by atoms with Gasteiger partial charge in [0, 0.05) is 17.6 Å². The highest BCUT2D eigenvalue weighted by Crippen LogP contribution is 2.49. The molecule has 4 rings (SSSR count). The molecule has 1 unspecified atom stereocenters. The lowest BCUT2D eigenvalue weighted by Gasteiger charge is -2.44. The van der Waals surface area contributed by atoms with Crippen LogP contribution in [0.25, 0.3) is 0 Å². The predicted octanol–water partition coefficient (Wildman–Crippen LogP) is 4.43. The zero-order chi connectivity index (χ0) is 18.9. The van der Waals surface area contributed by atoms with Crippen LogP contribution in [0.4, 0.5) is 5.69 Å². The number of aromatic nitrogens is 1. The number of fused-ring (bicyclic) bond motifs is 1. The molecule has 1 aromatic carbocycles. The molecule has 0 saturated heterocycles. The molecule has 1 amide bonds. The highest BCUT2D eigenvalue weighted by atomic mass is 35.5. The van der Waals surface area contributed by atoms with Crippen LogP contribution in [0.3, 0.4) is 0 Å². The van der Waals surface area contributed by atoms with Crippen LogP contribution >= 0.6 is 23.4 Å². The number of halogens is 1. The van der Waals surface area contributed by atoms with Crippen LogP contribution in [0.2, 0.25) is 5.02 Å². The summed E-state index contributed by atoms with van der Waals surface area (Å²) in [6.07, 6.45) is 6.00. The standard InChI is InChI=1S/C20H21ClN4OS/c21-15-7-8-17(23-11-15)18(26)24-16-6-3-5-13(10-16)20-9-2-1-4-14(20)12-27-19(22)25-20/h3,5-8,10-11,14H,1-2,4,9,12H2,(H2,22,25)(H,24,26)/t14?,20-/m1/s1. The van der Waals surface area contributed by atoms with Gasteiger partial charge in [-0.3, -0.25) is 9.79 Å². The number of aliphatic imine (C=N–C) groups is 1. The Balaban J connectivity index is 1.63. The molecule has 7 heteroatoms. The number of benzene rings is 1. The zero-order valence-corrected chi connectivity index (χ0v) is 16.4. The monoisotopic (exact) mass is 400 g/mol. The molecule has 1 saturated carbocycles. The molecule has 1 aliphatic heterocycles. The van der Waals surface area contributed by atoms with Crippen LogP contribution in [-0.2, 0) is 5.54 Å². The number of carbonyl (C=O) groups is 1. The van der Waals surface area contributed by atoms with Crippen LogP contribution in [-0.4, -0.2) is 21.8 Å². The van der Waals surface area contributed by atoms with E-state index in [0.717, 1.165) is 36.3 Å². The van der Waals surface area contributed by atoms with Crippen molar-refractivity contribution in [2.24, 2.45) is 16.6 Å². The van der Waals surface area contributed by atoms with Crippen LogP contribution in [0.15, 0.2) is 47.6 Å². The first-order valence-electron chi connectivity index (χ1n) is 9.08. The van der Waals surface area contributed by atoms with Gasteiger partial charge in [0.05, 0.1) is 10.6 Å². The second kappa shape index (κ2) is 7.52. The number of amides is 1. The van der Waals surface area contributed by atoms with Crippen molar-refractivity contribution in [2.75, 3.05) is 11.1 Å². The summed E-state index contributed by atoms with van der Waals surface area (Å²) in [6, 6.07) is 11.2. The average molecular weight is 401 g/mol. The lowest BCUT2D eigenvalue weighted by Crippen LogP contribution is -2.42. The minimum Gasteiger partial charge on any atom is -0.379 e. The van der Waals surface area contributed by atoms with Gasteiger partial charge in [0.15, 0.2) is 5.17 Å². The SMILES string of the molecule is NC1=N[C@@]2(c3cccc(NC(=O)c4ccc(Cl)cn4)c3)CCCCC2CS1. The highest BCUT2D eigenvalue weighted by molar-refractivity contribution is 8.13. The normalized spacial score (nSPS) is 24.6. The minimum atomic E-state index is -0.271. The van der Waals surface area contributed by atoms with E-state index in [-0.39, 0.29) is 11.4 Å². The Morgan fingerprint density at radius 3 is 3.00 bits per heavy atom. The number of pyridine rings is 1. The number of hydrogen-bond donors (Lipinski definition) is 2. The Kier molecular flexibility index (Phi) is 5.10. The molecule has 0 spiro atoms. The van der Waals surface area contributed by atoms with Gasteiger partial charge in [0.2, 0.25) is 0 Å². The number of thioether (sulfide) groups is 1. The molecule has 2 aromatic rings. The zero-order valence-electron chi connectivity index (χ0n) is 14.8. The lowest BCUT2D eigenvalue weighted by molar-refractivity contribution is 0.102. The van der Waals surface area contributed by atoms with Gasteiger partial charge in [-0.05, 0) is 48.6 Å². The molecule has 27 heavy (non-hydrogen) atoms. The molecule has 1 fully saturated rings. The van der Waals surface area contributed by atoms with Crippen molar-refractivity contribution >= 4 is 40.1 Å². The van der Waals surface area contributed by atoms with E-state index < -0.39 is 0 Å². The maximum atomic E-state index is 12.5. The third-order valence-electron chi connectivity index (χ3n) is 5.36. The average Bonchev–Trinajstić information content (AvgIpc) is 2.68. The van der Waals surface area contributed by atoms with Crippen LogP contribution in [0.1, 0.15) is 41.7 Å². The summed E-state index contributed by atoms with van der Waals surface area (Å²) in [5, 5.41) is 4.09. The van der Waals surface area contributed by atoms with Gasteiger partial charge in [-0.15, -0.1) is 0 Å². The Morgan fingerprint density at radius 1 is 1.30 bits per heavy atom. The van der Waals surface area contributed by atoms with Crippen molar-refractivity contribution in [3.8, 4) is 0 Å². The third kappa shape index (κ3) is 3.69. The largest absolute Gasteiger partial charge is 0.379 e. The summed E-state index contributed by atoms with van der Waals surface area (Å²) < 4.78 is 0. The smallest absolute Gasteiger partial charge is 0.274 e. The minimum absolute atomic E-state index is 0.260. The number of anilines is 1. The molecule has 0 radical (unpaired) electrons. The molecule has 2 aliphatic rings. The van der Waals surface area contributed by atoms with Crippen LogP contribution in [0, 0.1) is 5.92 Å². The molecule has 1 aliphatic carbocycles. The number of nitrogens with two attached hydrogens (primary N) is 1. The first kappa shape index (κ1) is 18.3. The van der Waals surface area contributed by atoms with Crippen molar-refractivity contribution in [3.05, 3.63) is 58.9 Å². The van der Waals surface area contributed by atoms with Gasteiger partial charge in [0.25, 0.3) is 5.91 Å². The Bertz CT molecular complexity index is 886. The maximum Gasteiger partial charge on any atom is 0.274 e. The van der Waals surface area contributed by atoms with E-state index in [1.807, 2.05) is 18.2 Å². The number of hydrogen-bond acceptors (Lipinski definition) is 5. The van der Waals surface area contributed by atoms with Gasteiger partial charge < -0.3 is 11.1 Å². The van der Waals surface area contributed by atoms with E-state index in [4.69, 9.17) is 22.3 Å². The number of rotatable bonds is 3.